The van der Waals surface area contributed by atoms with E-state index in [1.54, 1.807) is 23.2 Å². The Kier molecular flexibility index (Phi) is 2.48. The van der Waals surface area contributed by atoms with Gasteiger partial charge in [-0.05, 0) is 40.9 Å². The Hall–Kier alpha value is -1.36. The van der Waals surface area contributed by atoms with E-state index >= 15 is 0 Å². The van der Waals surface area contributed by atoms with Gasteiger partial charge in [-0.25, -0.2) is 4.79 Å². The summed E-state index contributed by atoms with van der Waals surface area (Å²) in [5.41, 5.74) is 2.25. The largest absolute Gasteiger partial charge is 0.328 e. The zero-order valence-corrected chi connectivity index (χ0v) is 11.8. The van der Waals surface area contributed by atoms with E-state index in [2.05, 4.69) is 15.9 Å². The van der Waals surface area contributed by atoms with Gasteiger partial charge in [-0.2, -0.15) is 0 Å². The number of nitrogens with zero attached hydrogens (tertiary/aromatic N) is 2. The third kappa shape index (κ3) is 1.57. The highest BCUT2D eigenvalue weighted by atomic mass is 79.9. The molecule has 0 saturated heterocycles. The minimum Gasteiger partial charge on any atom is -0.295 e. The van der Waals surface area contributed by atoms with E-state index in [-0.39, 0.29) is 17.4 Å². The van der Waals surface area contributed by atoms with E-state index < -0.39 is 0 Å². The number of Topliss-reactive ketones (excluding diaryl/α,β-unsaturated/α-hetero) is 1. The molecule has 5 heteroatoms. The van der Waals surface area contributed by atoms with E-state index in [4.69, 9.17) is 0 Å². The van der Waals surface area contributed by atoms with Crippen LogP contribution in [0.15, 0.2) is 21.4 Å². The summed E-state index contributed by atoms with van der Waals surface area (Å²) in [4.78, 5) is 24.0. The summed E-state index contributed by atoms with van der Waals surface area (Å²) in [5.74, 6) is 0.361. The van der Waals surface area contributed by atoms with Crippen molar-refractivity contribution in [2.24, 2.45) is 20.0 Å². The van der Waals surface area contributed by atoms with E-state index in [1.165, 1.54) is 0 Å². The quantitative estimate of drug-likeness (QED) is 0.799. The zero-order valence-electron chi connectivity index (χ0n) is 10.2. The Bertz CT molecular complexity index is 723. The van der Waals surface area contributed by atoms with Crippen LogP contribution < -0.4 is 5.69 Å². The fourth-order valence-electron chi connectivity index (χ4n) is 2.27. The van der Waals surface area contributed by atoms with Gasteiger partial charge >= 0.3 is 5.69 Å². The fourth-order valence-corrected chi connectivity index (χ4v) is 2.80. The van der Waals surface area contributed by atoms with Gasteiger partial charge in [-0.1, -0.05) is 0 Å². The van der Waals surface area contributed by atoms with Gasteiger partial charge in [0.15, 0.2) is 5.78 Å². The lowest BCUT2D eigenvalue weighted by atomic mass is 10.1. The number of carbonyl (C=O) groups excluding carboxylic acids is 1. The predicted octanol–water partition coefficient (Wildman–Crippen LogP) is 2.23. The van der Waals surface area contributed by atoms with Gasteiger partial charge in [0.25, 0.3) is 0 Å². The smallest absolute Gasteiger partial charge is 0.295 e. The number of ketones is 1. The fraction of sp³-hybridized carbons (Fsp3) is 0.385. The maximum Gasteiger partial charge on any atom is 0.328 e. The van der Waals surface area contributed by atoms with Gasteiger partial charge in [-0.15, -0.1) is 0 Å². The van der Waals surface area contributed by atoms with E-state index in [0.29, 0.717) is 5.56 Å². The predicted molar refractivity (Wildman–Crippen MR) is 72.9 cm³/mol. The molecule has 3 rings (SSSR count). The average molecular weight is 309 g/mol. The molecule has 0 radical (unpaired) electrons. The van der Waals surface area contributed by atoms with Crippen molar-refractivity contribution in [3.63, 3.8) is 0 Å². The summed E-state index contributed by atoms with van der Waals surface area (Å²) in [7, 11) is 3.46. The van der Waals surface area contributed by atoms with Crippen molar-refractivity contribution in [3.05, 3.63) is 32.7 Å². The second kappa shape index (κ2) is 3.82. The van der Waals surface area contributed by atoms with Crippen molar-refractivity contribution in [3.8, 4) is 0 Å². The molecule has 1 aliphatic rings. The van der Waals surface area contributed by atoms with Crippen molar-refractivity contribution in [2.45, 2.75) is 12.8 Å². The number of imidazole rings is 1. The summed E-state index contributed by atoms with van der Waals surface area (Å²) < 4.78 is 3.94. The monoisotopic (exact) mass is 308 g/mol. The number of fused-ring (bicyclic) bond motifs is 1. The van der Waals surface area contributed by atoms with Crippen LogP contribution in [0, 0.1) is 5.92 Å². The number of hydrogen-bond acceptors (Lipinski definition) is 2. The Morgan fingerprint density at radius 1 is 1.22 bits per heavy atom. The number of halogens is 1. The Balaban J connectivity index is 2.29. The van der Waals surface area contributed by atoms with Gasteiger partial charge in [0, 0.05) is 30.0 Å². The molecule has 94 valence electrons. The summed E-state index contributed by atoms with van der Waals surface area (Å²) in [5, 5.41) is 0. The van der Waals surface area contributed by atoms with Crippen molar-refractivity contribution >= 4 is 32.7 Å². The second-order valence-corrected chi connectivity index (χ2v) is 5.71. The van der Waals surface area contributed by atoms with E-state index in [9.17, 15) is 9.59 Å². The minimum absolute atomic E-state index is 0.0760. The normalized spacial score (nSPS) is 15.3. The maximum atomic E-state index is 12.2. The lowest BCUT2D eigenvalue weighted by molar-refractivity contribution is 0.0967. The molecule has 0 unspecified atom stereocenters. The highest BCUT2D eigenvalue weighted by Gasteiger charge is 2.32. The number of carbonyl (C=O) groups is 1. The molecule has 1 saturated carbocycles. The Morgan fingerprint density at radius 3 is 2.33 bits per heavy atom. The van der Waals surface area contributed by atoms with Crippen molar-refractivity contribution in [2.75, 3.05) is 0 Å². The van der Waals surface area contributed by atoms with Crippen LogP contribution in [0.5, 0.6) is 0 Å². The number of aromatic nitrogens is 2. The molecule has 0 aliphatic heterocycles. The summed E-state index contributed by atoms with van der Waals surface area (Å²) in [6.45, 7) is 0. The van der Waals surface area contributed by atoms with Crippen molar-refractivity contribution in [1.29, 1.82) is 0 Å². The molecule has 1 heterocycles. The third-order valence-corrected chi connectivity index (χ3v) is 4.23. The lowest BCUT2D eigenvalue weighted by Gasteiger charge is -2.04. The first-order valence-electron chi connectivity index (χ1n) is 5.90. The first-order valence-corrected chi connectivity index (χ1v) is 6.69. The molecule has 1 aromatic heterocycles. The molecule has 1 aliphatic carbocycles. The van der Waals surface area contributed by atoms with Gasteiger partial charge < -0.3 is 0 Å². The highest BCUT2D eigenvalue weighted by Crippen LogP contribution is 2.35. The summed E-state index contributed by atoms with van der Waals surface area (Å²) in [6, 6.07) is 3.67. The molecule has 0 N–H and O–H groups in total. The van der Waals surface area contributed by atoms with Crippen LogP contribution in [0.25, 0.3) is 11.0 Å². The number of rotatable bonds is 2. The molecule has 1 fully saturated rings. The van der Waals surface area contributed by atoms with Crippen LogP contribution in [0.1, 0.15) is 23.2 Å². The van der Waals surface area contributed by atoms with Crippen LogP contribution in [-0.4, -0.2) is 14.9 Å². The Labute approximate surface area is 112 Å². The first-order chi connectivity index (χ1) is 8.50. The molecule has 0 amide bonds. The molecule has 0 atom stereocenters. The molecule has 1 aromatic carbocycles. The van der Waals surface area contributed by atoms with Crippen LogP contribution in [0.3, 0.4) is 0 Å². The van der Waals surface area contributed by atoms with Gasteiger partial charge in [0.2, 0.25) is 0 Å². The number of benzene rings is 1. The maximum absolute atomic E-state index is 12.2. The molecule has 0 bridgehead atoms. The second-order valence-electron chi connectivity index (χ2n) is 4.86. The number of hydrogen-bond donors (Lipinski definition) is 0. The first kappa shape index (κ1) is 11.7. The third-order valence-electron chi connectivity index (χ3n) is 3.57. The Morgan fingerprint density at radius 2 is 1.78 bits per heavy atom. The molecular formula is C13H13BrN2O2. The highest BCUT2D eigenvalue weighted by molar-refractivity contribution is 9.10. The molecule has 18 heavy (non-hydrogen) atoms. The molecule has 0 spiro atoms. The van der Waals surface area contributed by atoms with Crippen LogP contribution in [0.4, 0.5) is 0 Å². The molecule has 4 nitrogen and oxygen atoms in total. The van der Waals surface area contributed by atoms with Crippen molar-refractivity contribution in [1.82, 2.24) is 9.13 Å². The topological polar surface area (TPSA) is 44.0 Å². The molecular weight excluding hydrogens is 296 g/mol. The zero-order chi connectivity index (χ0) is 13.0. The minimum atomic E-state index is -0.0760. The van der Waals surface area contributed by atoms with Crippen LogP contribution in [-0.2, 0) is 14.1 Å². The van der Waals surface area contributed by atoms with E-state index in [1.807, 2.05) is 12.1 Å². The van der Waals surface area contributed by atoms with Gasteiger partial charge in [-0.3, -0.25) is 13.9 Å². The van der Waals surface area contributed by atoms with Crippen LogP contribution >= 0.6 is 15.9 Å². The van der Waals surface area contributed by atoms with Crippen LogP contribution in [0.2, 0.25) is 0 Å². The van der Waals surface area contributed by atoms with E-state index in [0.717, 1.165) is 28.3 Å². The van der Waals surface area contributed by atoms with Crippen molar-refractivity contribution < 1.29 is 4.79 Å². The lowest BCUT2D eigenvalue weighted by Crippen LogP contribution is -2.19. The summed E-state index contributed by atoms with van der Waals surface area (Å²) in [6.07, 6.45) is 1.97. The average Bonchev–Trinajstić information content (AvgIpc) is 3.16. The number of aryl methyl sites for hydroxylation is 2. The SMILES string of the molecule is Cn1c(=O)n(C)c2cc(C(=O)C3CC3)c(Br)cc21. The molecule has 2 aromatic rings. The standard InChI is InChI=1S/C13H13BrN2O2/c1-15-10-5-8(12(17)7-3-4-7)9(14)6-11(10)16(2)13(15)18/h5-7H,3-4H2,1-2H3. The van der Waals surface area contributed by atoms with Gasteiger partial charge in [0.1, 0.15) is 0 Å². The van der Waals surface area contributed by atoms with Gasteiger partial charge in [0.05, 0.1) is 11.0 Å². The summed E-state index contributed by atoms with van der Waals surface area (Å²) >= 11 is 3.44.